The Morgan fingerprint density at radius 1 is 1.07 bits per heavy atom. The maximum absolute atomic E-state index is 12.1. The van der Waals surface area contributed by atoms with Crippen molar-refractivity contribution in [2.75, 3.05) is 0 Å². The molecule has 0 aliphatic heterocycles. The van der Waals surface area contributed by atoms with Crippen LogP contribution >= 0.6 is 0 Å². The van der Waals surface area contributed by atoms with Crippen molar-refractivity contribution in [1.29, 1.82) is 0 Å². The van der Waals surface area contributed by atoms with Crippen molar-refractivity contribution >= 4 is 16.9 Å². The van der Waals surface area contributed by atoms with E-state index in [1.807, 2.05) is 32.0 Å². The van der Waals surface area contributed by atoms with Crippen molar-refractivity contribution in [1.82, 2.24) is 14.9 Å². The SMILES string of the molecule is Cc1cc(C)c(C)c(Cn2c(CNC(=O)C(C)C)nc3ccccc32)c1C. The first-order valence-corrected chi connectivity index (χ1v) is 9.57. The van der Waals surface area contributed by atoms with Gasteiger partial charge in [0.1, 0.15) is 5.82 Å². The number of aromatic nitrogens is 2. The zero-order valence-corrected chi connectivity index (χ0v) is 17.2. The van der Waals surface area contributed by atoms with Gasteiger partial charge in [0.25, 0.3) is 0 Å². The van der Waals surface area contributed by atoms with Gasteiger partial charge in [0, 0.05) is 12.5 Å². The van der Waals surface area contributed by atoms with Gasteiger partial charge in [0.05, 0.1) is 17.6 Å². The van der Waals surface area contributed by atoms with E-state index in [1.54, 1.807) is 0 Å². The van der Waals surface area contributed by atoms with E-state index in [2.05, 4.69) is 49.7 Å². The molecule has 1 heterocycles. The molecule has 4 heteroatoms. The molecule has 0 radical (unpaired) electrons. The minimum Gasteiger partial charge on any atom is -0.349 e. The molecule has 142 valence electrons. The lowest BCUT2D eigenvalue weighted by atomic mass is 9.94. The Balaban J connectivity index is 2.06. The fourth-order valence-electron chi connectivity index (χ4n) is 3.50. The second kappa shape index (κ2) is 7.55. The van der Waals surface area contributed by atoms with Gasteiger partial charge in [-0.05, 0) is 67.6 Å². The topological polar surface area (TPSA) is 46.9 Å². The summed E-state index contributed by atoms with van der Waals surface area (Å²) in [5.74, 6) is 0.905. The van der Waals surface area contributed by atoms with Gasteiger partial charge in [-0.1, -0.05) is 32.0 Å². The summed E-state index contributed by atoms with van der Waals surface area (Å²) in [6.45, 7) is 13.7. The summed E-state index contributed by atoms with van der Waals surface area (Å²) in [4.78, 5) is 16.8. The third kappa shape index (κ3) is 3.75. The molecule has 0 bridgehead atoms. The lowest BCUT2D eigenvalue weighted by Gasteiger charge is -2.18. The molecule has 2 aromatic carbocycles. The molecule has 1 aromatic heterocycles. The van der Waals surface area contributed by atoms with Crippen LogP contribution in [0.4, 0.5) is 0 Å². The van der Waals surface area contributed by atoms with Crippen LogP contribution in [0.1, 0.15) is 47.5 Å². The van der Waals surface area contributed by atoms with Crippen LogP contribution in [0, 0.1) is 33.6 Å². The average Bonchev–Trinajstić information content (AvgIpc) is 2.99. The van der Waals surface area contributed by atoms with Crippen LogP contribution in [0.25, 0.3) is 11.0 Å². The fraction of sp³-hybridized carbons (Fsp3) is 0.391. The summed E-state index contributed by atoms with van der Waals surface area (Å²) in [7, 11) is 0. The third-order valence-corrected chi connectivity index (χ3v) is 5.52. The molecule has 1 N–H and O–H groups in total. The van der Waals surface area contributed by atoms with Gasteiger partial charge in [-0.15, -0.1) is 0 Å². The Hall–Kier alpha value is -2.62. The van der Waals surface area contributed by atoms with Gasteiger partial charge in [-0.25, -0.2) is 4.98 Å². The molecule has 4 nitrogen and oxygen atoms in total. The van der Waals surface area contributed by atoms with Gasteiger partial charge in [-0.2, -0.15) is 0 Å². The lowest BCUT2D eigenvalue weighted by Crippen LogP contribution is -2.28. The molecule has 0 aliphatic rings. The Morgan fingerprint density at radius 2 is 1.70 bits per heavy atom. The zero-order chi connectivity index (χ0) is 19.7. The number of hydrogen-bond acceptors (Lipinski definition) is 2. The molecule has 0 unspecified atom stereocenters. The monoisotopic (exact) mass is 363 g/mol. The van der Waals surface area contributed by atoms with Crippen LogP contribution in [0.2, 0.25) is 0 Å². The van der Waals surface area contributed by atoms with E-state index in [-0.39, 0.29) is 11.8 Å². The van der Waals surface area contributed by atoms with E-state index in [0.717, 1.165) is 23.4 Å². The molecule has 0 aliphatic carbocycles. The molecular formula is C23H29N3O. The number of hydrogen-bond donors (Lipinski definition) is 1. The van der Waals surface area contributed by atoms with E-state index < -0.39 is 0 Å². The van der Waals surface area contributed by atoms with Crippen molar-refractivity contribution in [3.05, 3.63) is 64.0 Å². The fourth-order valence-corrected chi connectivity index (χ4v) is 3.50. The molecule has 0 saturated heterocycles. The number of carbonyl (C=O) groups excluding carboxylic acids is 1. The van der Waals surface area contributed by atoms with Crippen molar-refractivity contribution in [3.8, 4) is 0 Å². The molecule has 1 amide bonds. The smallest absolute Gasteiger partial charge is 0.222 e. The normalized spacial score (nSPS) is 11.4. The second-order valence-corrected chi connectivity index (χ2v) is 7.71. The first-order chi connectivity index (χ1) is 12.8. The second-order valence-electron chi connectivity index (χ2n) is 7.71. The maximum atomic E-state index is 12.1. The van der Waals surface area contributed by atoms with Crippen LogP contribution in [0.5, 0.6) is 0 Å². The van der Waals surface area contributed by atoms with E-state index in [1.165, 1.54) is 27.8 Å². The summed E-state index contributed by atoms with van der Waals surface area (Å²) in [6, 6.07) is 10.4. The number of carbonyl (C=O) groups is 1. The third-order valence-electron chi connectivity index (χ3n) is 5.52. The first kappa shape index (κ1) is 19.2. The number of nitrogens with one attached hydrogen (secondary N) is 1. The number of benzene rings is 2. The quantitative estimate of drug-likeness (QED) is 0.721. The predicted molar refractivity (Wildman–Crippen MR) is 111 cm³/mol. The summed E-state index contributed by atoms with van der Waals surface area (Å²) < 4.78 is 2.24. The first-order valence-electron chi connectivity index (χ1n) is 9.57. The van der Waals surface area contributed by atoms with Crippen LogP contribution in [-0.4, -0.2) is 15.5 Å². The van der Waals surface area contributed by atoms with Gasteiger partial charge >= 0.3 is 0 Å². The molecule has 0 fully saturated rings. The summed E-state index contributed by atoms with van der Waals surface area (Å²) in [5.41, 5.74) is 8.68. The number of aryl methyl sites for hydroxylation is 2. The lowest BCUT2D eigenvalue weighted by molar-refractivity contribution is -0.124. The minimum absolute atomic E-state index is 0.0354. The van der Waals surface area contributed by atoms with Crippen LogP contribution in [-0.2, 0) is 17.9 Å². The molecule has 3 rings (SSSR count). The maximum Gasteiger partial charge on any atom is 0.222 e. The van der Waals surface area contributed by atoms with Gasteiger partial charge in [0.2, 0.25) is 5.91 Å². The number of amides is 1. The molecule has 0 spiro atoms. The van der Waals surface area contributed by atoms with E-state index in [4.69, 9.17) is 4.98 Å². The number of nitrogens with zero attached hydrogens (tertiary/aromatic N) is 2. The highest BCUT2D eigenvalue weighted by atomic mass is 16.1. The average molecular weight is 364 g/mol. The Labute approximate surface area is 161 Å². The van der Waals surface area contributed by atoms with Crippen molar-refractivity contribution in [2.24, 2.45) is 5.92 Å². The Kier molecular flexibility index (Phi) is 5.36. The summed E-state index contributed by atoms with van der Waals surface area (Å²) in [6.07, 6.45) is 0. The van der Waals surface area contributed by atoms with Crippen molar-refractivity contribution < 1.29 is 4.79 Å². The highest BCUT2D eigenvalue weighted by molar-refractivity contribution is 5.78. The molecule has 0 atom stereocenters. The Bertz CT molecular complexity index is 972. The number of para-hydroxylation sites is 2. The van der Waals surface area contributed by atoms with Crippen LogP contribution in [0.15, 0.2) is 30.3 Å². The van der Waals surface area contributed by atoms with E-state index in [0.29, 0.717) is 6.54 Å². The number of fused-ring (bicyclic) bond motifs is 1. The van der Waals surface area contributed by atoms with Gasteiger partial charge < -0.3 is 9.88 Å². The highest BCUT2D eigenvalue weighted by Gasteiger charge is 2.16. The van der Waals surface area contributed by atoms with Gasteiger partial charge in [0.15, 0.2) is 0 Å². The van der Waals surface area contributed by atoms with Crippen LogP contribution < -0.4 is 5.32 Å². The molecule has 27 heavy (non-hydrogen) atoms. The van der Waals surface area contributed by atoms with E-state index >= 15 is 0 Å². The number of imidazole rings is 1. The molecule has 0 saturated carbocycles. The highest BCUT2D eigenvalue weighted by Crippen LogP contribution is 2.25. The minimum atomic E-state index is -0.0354. The molecule has 3 aromatic rings. The summed E-state index contributed by atoms with van der Waals surface area (Å²) in [5, 5.41) is 3.02. The zero-order valence-electron chi connectivity index (χ0n) is 17.2. The Morgan fingerprint density at radius 3 is 2.33 bits per heavy atom. The largest absolute Gasteiger partial charge is 0.349 e. The standard InChI is InChI=1S/C23H29N3O/c1-14(2)23(27)24-12-22-25-20-9-7-8-10-21(20)26(22)13-19-17(5)15(3)11-16(4)18(19)6/h7-11,14H,12-13H2,1-6H3,(H,24,27). The van der Waals surface area contributed by atoms with Gasteiger partial charge in [-0.3, -0.25) is 4.79 Å². The van der Waals surface area contributed by atoms with Crippen molar-refractivity contribution in [2.45, 2.75) is 54.6 Å². The van der Waals surface area contributed by atoms with Crippen molar-refractivity contribution in [3.63, 3.8) is 0 Å². The predicted octanol–water partition coefficient (Wildman–Crippen LogP) is 4.59. The molecular weight excluding hydrogens is 334 g/mol. The number of rotatable bonds is 5. The van der Waals surface area contributed by atoms with Crippen LogP contribution in [0.3, 0.4) is 0 Å². The summed E-state index contributed by atoms with van der Waals surface area (Å²) >= 11 is 0. The van der Waals surface area contributed by atoms with E-state index in [9.17, 15) is 4.79 Å².